The van der Waals surface area contributed by atoms with Gasteiger partial charge in [0.1, 0.15) is 0 Å². The third kappa shape index (κ3) is 3.43. The number of halogens is 1. The molecule has 1 atom stereocenters. The van der Waals surface area contributed by atoms with Gasteiger partial charge in [-0.05, 0) is 46.7 Å². The Morgan fingerprint density at radius 1 is 1.31 bits per heavy atom. The van der Waals surface area contributed by atoms with Gasteiger partial charge in [0.05, 0.1) is 11.5 Å². The van der Waals surface area contributed by atoms with Gasteiger partial charge in [0.2, 0.25) is 0 Å². The lowest BCUT2D eigenvalue weighted by Crippen LogP contribution is -2.29. The van der Waals surface area contributed by atoms with E-state index in [0.29, 0.717) is 5.75 Å². The van der Waals surface area contributed by atoms with Gasteiger partial charge in [-0.3, -0.25) is 0 Å². The van der Waals surface area contributed by atoms with Crippen LogP contribution in [0, 0.1) is 3.57 Å². The largest absolute Gasteiger partial charge is 0.309 e. The Morgan fingerprint density at radius 3 is 2.56 bits per heavy atom. The van der Waals surface area contributed by atoms with Crippen molar-refractivity contribution in [2.45, 2.75) is 19.0 Å². The van der Waals surface area contributed by atoms with E-state index in [1.807, 2.05) is 0 Å². The normalized spacial score (nSPS) is 23.4. The summed E-state index contributed by atoms with van der Waals surface area (Å²) in [5.41, 5.74) is 1.20. The molecule has 0 aromatic heterocycles. The van der Waals surface area contributed by atoms with Gasteiger partial charge < -0.3 is 5.32 Å². The molecule has 3 nitrogen and oxygen atoms in total. The molecule has 1 aliphatic rings. The molecule has 1 unspecified atom stereocenters. The van der Waals surface area contributed by atoms with E-state index in [9.17, 15) is 8.42 Å². The minimum absolute atomic E-state index is 0.129. The number of hydrogen-bond donors (Lipinski definition) is 1. The van der Waals surface area contributed by atoms with Crippen LogP contribution in [-0.2, 0) is 16.4 Å². The van der Waals surface area contributed by atoms with Gasteiger partial charge in [-0.2, -0.15) is 0 Å². The third-order valence-electron chi connectivity index (χ3n) is 2.74. The van der Waals surface area contributed by atoms with E-state index in [1.54, 1.807) is 0 Å². The van der Waals surface area contributed by atoms with E-state index in [2.05, 4.69) is 52.2 Å². The lowest BCUT2D eigenvalue weighted by molar-refractivity contribution is 0.554. The van der Waals surface area contributed by atoms with Gasteiger partial charge in [0, 0.05) is 16.2 Å². The van der Waals surface area contributed by atoms with Gasteiger partial charge in [-0.15, -0.1) is 0 Å². The summed E-state index contributed by atoms with van der Waals surface area (Å²) in [6.07, 6.45) is 0.743. The molecule has 1 saturated heterocycles. The van der Waals surface area contributed by atoms with E-state index in [0.717, 1.165) is 13.0 Å². The SMILES string of the molecule is O=S1(=O)CCC(NCc2ccc(I)cc2)C1. The summed E-state index contributed by atoms with van der Waals surface area (Å²) in [7, 11) is -2.77. The highest BCUT2D eigenvalue weighted by atomic mass is 127. The Labute approximate surface area is 110 Å². The summed E-state index contributed by atoms with van der Waals surface area (Å²) in [5, 5.41) is 3.29. The first-order valence-corrected chi connectivity index (χ1v) is 8.13. The molecule has 1 aliphatic heterocycles. The highest BCUT2D eigenvalue weighted by Crippen LogP contribution is 2.12. The van der Waals surface area contributed by atoms with Crippen LogP contribution in [0.2, 0.25) is 0 Å². The lowest BCUT2D eigenvalue weighted by Gasteiger charge is -2.10. The molecule has 1 aromatic rings. The van der Waals surface area contributed by atoms with E-state index in [-0.39, 0.29) is 11.8 Å². The predicted octanol–water partition coefficient (Wildman–Crippen LogP) is 1.57. The van der Waals surface area contributed by atoms with Crippen molar-refractivity contribution in [2.75, 3.05) is 11.5 Å². The van der Waals surface area contributed by atoms with Gasteiger partial charge in [0.15, 0.2) is 9.84 Å². The fourth-order valence-electron chi connectivity index (χ4n) is 1.82. The van der Waals surface area contributed by atoms with Crippen molar-refractivity contribution in [1.29, 1.82) is 0 Å². The fourth-order valence-corrected chi connectivity index (χ4v) is 3.89. The minimum Gasteiger partial charge on any atom is -0.309 e. The maximum Gasteiger partial charge on any atom is 0.151 e. The molecule has 0 amide bonds. The summed E-state index contributed by atoms with van der Waals surface area (Å²) in [5.74, 6) is 0.620. The van der Waals surface area contributed by atoms with Crippen molar-refractivity contribution >= 4 is 32.4 Å². The fraction of sp³-hybridized carbons (Fsp3) is 0.455. The van der Waals surface area contributed by atoms with Crippen LogP contribution < -0.4 is 5.32 Å². The van der Waals surface area contributed by atoms with Gasteiger partial charge in [-0.25, -0.2) is 8.42 Å². The minimum atomic E-state index is -2.77. The molecule has 0 spiro atoms. The molecule has 0 saturated carbocycles. The van der Waals surface area contributed by atoms with E-state index < -0.39 is 9.84 Å². The molecule has 1 fully saturated rings. The van der Waals surface area contributed by atoms with Crippen molar-refractivity contribution in [3.8, 4) is 0 Å². The zero-order chi connectivity index (χ0) is 11.6. The molecule has 1 aromatic carbocycles. The average Bonchev–Trinajstić information content (AvgIpc) is 2.58. The highest BCUT2D eigenvalue weighted by Gasteiger charge is 2.27. The predicted molar refractivity (Wildman–Crippen MR) is 73.1 cm³/mol. The molecule has 0 aliphatic carbocycles. The van der Waals surface area contributed by atoms with Gasteiger partial charge in [0.25, 0.3) is 0 Å². The number of nitrogens with one attached hydrogen (secondary N) is 1. The second kappa shape index (κ2) is 5.01. The third-order valence-corrected chi connectivity index (χ3v) is 5.23. The molecule has 88 valence electrons. The summed E-state index contributed by atoms with van der Waals surface area (Å²) < 4.78 is 23.7. The number of benzene rings is 1. The maximum atomic E-state index is 11.3. The molecule has 0 bridgehead atoms. The van der Waals surface area contributed by atoms with Crippen molar-refractivity contribution in [1.82, 2.24) is 5.32 Å². The van der Waals surface area contributed by atoms with E-state index in [4.69, 9.17) is 0 Å². The molecule has 2 rings (SSSR count). The van der Waals surface area contributed by atoms with Crippen molar-refractivity contribution < 1.29 is 8.42 Å². The van der Waals surface area contributed by atoms with Gasteiger partial charge >= 0.3 is 0 Å². The molecule has 16 heavy (non-hydrogen) atoms. The van der Waals surface area contributed by atoms with Crippen LogP contribution in [-0.4, -0.2) is 26.0 Å². The summed E-state index contributed by atoms with van der Waals surface area (Å²) in [6.45, 7) is 0.747. The zero-order valence-corrected chi connectivity index (χ0v) is 11.8. The first-order valence-electron chi connectivity index (χ1n) is 5.23. The molecule has 1 N–H and O–H groups in total. The maximum absolute atomic E-state index is 11.3. The van der Waals surface area contributed by atoms with Crippen molar-refractivity contribution in [3.05, 3.63) is 33.4 Å². The summed E-state index contributed by atoms with van der Waals surface area (Å²) >= 11 is 2.27. The number of rotatable bonds is 3. The second-order valence-corrected chi connectivity index (χ2v) is 7.58. The summed E-state index contributed by atoms with van der Waals surface area (Å²) in [4.78, 5) is 0. The Balaban J connectivity index is 1.87. The van der Waals surface area contributed by atoms with Gasteiger partial charge in [-0.1, -0.05) is 12.1 Å². The van der Waals surface area contributed by atoms with Crippen LogP contribution in [0.5, 0.6) is 0 Å². The molecule has 1 heterocycles. The number of hydrogen-bond acceptors (Lipinski definition) is 3. The monoisotopic (exact) mass is 351 g/mol. The molecule has 5 heteroatoms. The standard InChI is InChI=1S/C11H14INO2S/c12-10-3-1-9(2-4-10)7-13-11-5-6-16(14,15)8-11/h1-4,11,13H,5-8H2. The van der Waals surface area contributed by atoms with Crippen LogP contribution in [0.3, 0.4) is 0 Å². The van der Waals surface area contributed by atoms with Crippen LogP contribution in [0.25, 0.3) is 0 Å². The average molecular weight is 351 g/mol. The molecular weight excluding hydrogens is 337 g/mol. The van der Waals surface area contributed by atoms with Crippen molar-refractivity contribution in [2.24, 2.45) is 0 Å². The second-order valence-electron chi connectivity index (χ2n) is 4.11. The van der Waals surface area contributed by atoms with Crippen LogP contribution in [0.15, 0.2) is 24.3 Å². The van der Waals surface area contributed by atoms with E-state index >= 15 is 0 Å². The number of sulfone groups is 1. The van der Waals surface area contributed by atoms with Crippen LogP contribution in [0.4, 0.5) is 0 Å². The first-order chi connectivity index (χ1) is 7.55. The lowest BCUT2D eigenvalue weighted by atomic mass is 10.2. The first kappa shape index (κ1) is 12.3. The Kier molecular flexibility index (Phi) is 3.86. The Bertz CT molecular complexity index is 455. The smallest absolute Gasteiger partial charge is 0.151 e. The topological polar surface area (TPSA) is 46.2 Å². The molecule has 0 radical (unpaired) electrons. The van der Waals surface area contributed by atoms with Crippen molar-refractivity contribution in [3.63, 3.8) is 0 Å². The Hall–Kier alpha value is -0.140. The van der Waals surface area contributed by atoms with E-state index in [1.165, 1.54) is 9.13 Å². The quantitative estimate of drug-likeness (QED) is 0.841. The highest BCUT2D eigenvalue weighted by molar-refractivity contribution is 14.1. The zero-order valence-electron chi connectivity index (χ0n) is 8.82. The van der Waals surface area contributed by atoms with Crippen LogP contribution >= 0.6 is 22.6 Å². The van der Waals surface area contributed by atoms with Crippen LogP contribution in [0.1, 0.15) is 12.0 Å². The summed E-state index contributed by atoms with van der Waals surface area (Å²) in [6, 6.07) is 8.38. The molecular formula is C11H14INO2S. The Morgan fingerprint density at radius 2 is 2.00 bits per heavy atom.